The van der Waals surface area contributed by atoms with Crippen LogP contribution in [0.2, 0.25) is 0 Å². The Kier molecular flexibility index (Phi) is 3.83. The Morgan fingerprint density at radius 3 is 3.20 bits per heavy atom. The van der Waals surface area contributed by atoms with Crippen LogP contribution >= 0.6 is 0 Å². The molecule has 0 saturated heterocycles. The maximum Gasteiger partial charge on any atom is 0.0573 e. The highest BCUT2D eigenvalue weighted by Crippen LogP contribution is 2.29. The zero-order chi connectivity index (χ0) is 13.9. The predicted octanol–water partition coefficient (Wildman–Crippen LogP) is 2.54. The molecule has 0 aromatic carbocycles. The largest absolute Gasteiger partial charge is 0.304 e. The van der Waals surface area contributed by atoms with E-state index >= 15 is 0 Å². The highest BCUT2D eigenvalue weighted by molar-refractivity contribution is 5.25. The second kappa shape index (κ2) is 5.75. The average Bonchev–Trinajstić information content (AvgIpc) is 2.88. The van der Waals surface area contributed by atoms with Gasteiger partial charge in [-0.15, -0.1) is 0 Å². The number of hydrogen-bond acceptors (Lipinski definition) is 3. The zero-order valence-corrected chi connectivity index (χ0v) is 12.3. The SMILES string of the molecule is CCc1cccnc1CNC1CCCc2c1cnn2C. The summed E-state index contributed by atoms with van der Waals surface area (Å²) < 4.78 is 2.02. The molecule has 1 N–H and O–H groups in total. The fraction of sp³-hybridized carbons (Fsp3) is 0.500. The molecule has 1 aliphatic carbocycles. The highest BCUT2D eigenvalue weighted by atomic mass is 15.3. The summed E-state index contributed by atoms with van der Waals surface area (Å²) in [5.74, 6) is 0. The van der Waals surface area contributed by atoms with Gasteiger partial charge in [0.25, 0.3) is 0 Å². The molecule has 1 aliphatic rings. The minimum absolute atomic E-state index is 0.416. The monoisotopic (exact) mass is 270 g/mol. The van der Waals surface area contributed by atoms with Crippen molar-refractivity contribution < 1.29 is 0 Å². The second-order valence-corrected chi connectivity index (χ2v) is 5.46. The number of fused-ring (bicyclic) bond motifs is 1. The van der Waals surface area contributed by atoms with Crippen LogP contribution in [0, 0.1) is 0 Å². The van der Waals surface area contributed by atoms with Crippen LogP contribution in [0.3, 0.4) is 0 Å². The predicted molar refractivity (Wildman–Crippen MR) is 79.3 cm³/mol. The first-order valence-corrected chi connectivity index (χ1v) is 7.46. The molecular formula is C16H22N4. The van der Waals surface area contributed by atoms with Gasteiger partial charge in [0.15, 0.2) is 0 Å². The van der Waals surface area contributed by atoms with Crippen LogP contribution in [0.25, 0.3) is 0 Å². The molecule has 106 valence electrons. The Bertz CT molecular complexity index is 588. The van der Waals surface area contributed by atoms with Gasteiger partial charge >= 0.3 is 0 Å². The Morgan fingerprint density at radius 1 is 1.45 bits per heavy atom. The summed E-state index contributed by atoms with van der Waals surface area (Å²) in [6.45, 7) is 3.02. The van der Waals surface area contributed by atoms with E-state index in [-0.39, 0.29) is 0 Å². The lowest BCUT2D eigenvalue weighted by molar-refractivity contribution is 0.448. The van der Waals surface area contributed by atoms with Crippen molar-refractivity contribution in [2.75, 3.05) is 0 Å². The summed E-state index contributed by atoms with van der Waals surface area (Å²) >= 11 is 0. The van der Waals surface area contributed by atoms with Gasteiger partial charge in [0, 0.05) is 37.1 Å². The third kappa shape index (κ3) is 2.48. The molecule has 2 heterocycles. The smallest absolute Gasteiger partial charge is 0.0573 e. The fourth-order valence-corrected chi connectivity index (χ4v) is 3.09. The van der Waals surface area contributed by atoms with Gasteiger partial charge in [-0.1, -0.05) is 13.0 Å². The molecule has 0 saturated carbocycles. The third-order valence-corrected chi connectivity index (χ3v) is 4.26. The summed E-state index contributed by atoms with van der Waals surface area (Å²) in [5.41, 5.74) is 5.26. The van der Waals surface area contributed by atoms with Crippen molar-refractivity contribution in [1.29, 1.82) is 0 Å². The van der Waals surface area contributed by atoms with Crippen LogP contribution in [0.1, 0.15) is 48.3 Å². The van der Waals surface area contributed by atoms with Gasteiger partial charge in [0.05, 0.1) is 11.9 Å². The lowest BCUT2D eigenvalue weighted by Crippen LogP contribution is -2.25. The van der Waals surface area contributed by atoms with E-state index in [9.17, 15) is 0 Å². The van der Waals surface area contributed by atoms with Crippen LogP contribution in [0.5, 0.6) is 0 Å². The molecule has 1 unspecified atom stereocenters. The molecule has 0 bridgehead atoms. The van der Waals surface area contributed by atoms with Gasteiger partial charge in [0.2, 0.25) is 0 Å². The highest BCUT2D eigenvalue weighted by Gasteiger charge is 2.23. The average molecular weight is 270 g/mol. The number of aryl methyl sites for hydroxylation is 2. The Hall–Kier alpha value is -1.68. The van der Waals surface area contributed by atoms with E-state index in [2.05, 4.69) is 28.4 Å². The van der Waals surface area contributed by atoms with Crippen molar-refractivity contribution >= 4 is 0 Å². The summed E-state index contributed by atoms with van der Waals surface area (Å²) in [6, 6.07) is 4.60. The van der Waals surface area contributed by atoms with Crippen molar-refractivity contribution in [2.45, 2.75) is 45.2 Å². The third-order valence-electron chi connectivity index (χ3n) is 4.26. The number of nitrogens with one attached hydrogen (secondary N) is 1. The van der Waals surface area contributed by atoms with E-state index < -0.39 is 0 Å². The quantitative estimate of drug-likeness (QED) is 0.928. The topological polar surface area (TPSA) is 42.7 Å². The van der Waals surface area contributed by atoms with E-state index in [0.717, 1.165) is 19.4 Å². The number of pyridine rings is 1. The Balaban J connectivity index is 1.73. The summed E-state index contributed by atoms with van der Waals surface area (Å²) in [5, 5.41) is 8.06. The van der Waals surface area contributed by atoms with E-state index in [0.29, 0.717) is 6.04 Å². The van der Waals surface area contributed by atoms with Crippen molar-refractivity contribution in [2.24, 2.45) is 7.05 Å². The first kappa shape index (κ1) is 13.3. The van der Waals surface area contributed by atoms with E-state index in [4.69, 9.17) is 0 Å². The molecule has 3 rings (SSSR count). The summed E-state index contributed by atoms with van der Waals surface area (Å²) in [6.07, 6.45) is 8.50. The number of nitrogens with zero attached hydrogens (tertiary/aromatic N) is 3. The zero-order valence-electron chi connectivity index (χ0n) is 12.3. The van der Waals surface area contributed by atoms with Crippen molar-refractivity contribution in [1.82, 2.24) is 20.1 Å². The van der Waals surface area contributed by atoms with Gasteiger partial charge < -0.3 is 5.32 Å². The normalized spacial score (nSPS) is 18.0. The molecule has 2 aromatic heterocycles. The number of hydrogen-bond donors (Lipinski definition) is 1. The first-order chi connectivity index (χ1) is 9.79. The number of aromatic nitrogens is 3. The molecule has 1 atom stereocenters. The van der Waals surface area contributed by atoms with Crippen LogP contribution in [-0.4, -0.2) is 14.8 Å². The fourth-order valence-electron chi connectivity index (χ4n) is 3.09. The molecule has 2 aromatic rings. The second-order valence-electron chi connectivity index (χ2n) is 5.46. The van der Waals surface area contributed by atoms with E-state index in [1.54, 1.807) is 0 Å². The van der Waals surface area contributed by atoms with Crippen molar-refractivity contribution in [3.8, 4) is 0 Å². The lowest BCUT2D eigenvalue weighted by atomic mass is 9.93. The minimum Gasteiger partial charge on any atom is -0.304 e. The molecule has 4 heteroatoms. The molecule has 4 nitrogen and oxygen atoms in total. The summed E-state index contributed by atoms with van der Waals surface area (Å²) in [4.78, 5) is 4.51. The van der Waals surface area contributed by atoms with Gasteiger partial charge in [-0.25, -0.2) is 0 Å². The van der Waals surface area contributed by atoms with Crippen LogP contribution in [0.15, 0.2) is 24.5 Å². The maximum absolute atomic E-state index is 4.51. The molecule has 0 amide bonds. The lowest BCUT2D eigenvalue weighted by Gasteiger charge is -2.24. The molecule has 0 spiro atoms. The minimum atomic E-state index is 0.416. The first-order valence-electron chi connectivity index (χ1n) is 7.46. The van der Waals surface area contributed by atoms with Gasteiger partial charge in [0.1, 0.15) is 0 Å². The molecule has 0 aliphatic heterocycles. The van der Waals surface area contributed by atoms with Crippen LogP contribution in [0.4, 0.5) is 0 Å². The van der Waals surface area contributed by atoms with Crippen molar-refractivity contribution in [3.05, 3.63) is 47.0 Å². The van der Waals surface area contributed by atoms with Crippen molar-refractivity contribution in [3.63, 3.8) is 0 Å². The molecule has 20 heavy (non-hydrogen) atoms. The Labute approximate surface area is 120 Å². The van der Waals surface area contributed by atoms with E-state index in [1.807, 2.05) is 30.2 Å². The van der Waals surface area contributed by atoms with Gasteiger partial charge in [-0.3, -0.25) is 9.67 Å². The molecule has 0 radical (unpaired) electrons. The molecular weight excluding hydrogens is 248 g/mol. The molecule has 0 fully saturated rings. The van der Waals surface area contributed by atoms with Crippen LogP contribution in [-0.2, 0) is 26.4 Å². The van der Waals surface area contributed by atoms with E-state index in [1.165, 1.54) is 35.4 Å². The standard InChI is InChI=1S/C16H22N4/c1-3-12-6-5-9-17-15(12)11-18-14-7-4-8-16-13(14)10-19-20(16)2/h5-6,9-10,14,18H,3-4,7-8,11H2,1-2H3. The maximum atomic E-state index is 4.51. The van der Waals surface area contributed by atoms with Gasteiger partial charge in [-0.2, -0.15) is 5.10 Å². The summed E-state index contributed by atoms with van der Waals surface area (Å²) in [7, 11) is 2.04. The van der Waals surface area contributed by atoms with Crippen LogP contribution < -0.4 is 5.32 Å². The number of rotatable bonds is 4. The van der Waals surface area contributed by atoms with Gasteiger partial charge in [-0.05, 0) is 37.3 Å². The Morgan fingerprint density at radius 2 is 2.35 bits per heavy atom.